The van der Waals surface area contributed by atoms with Gasteiger partial charge in [0.25, 0.3) is 0 Å². The smallest absolute Gasteiger partial charge is 0.418 e. The Kier molecular flexibility index (Phi) is 9.04. The summed E-state index contributed by atoms with van der Waals surface area (Å²) in [6.45, 7) is 2.96. The van der Waals surface area contributed by atoms with Gasteiger partial charge < -0.3 is 14.2 Å². The van der Waals surface area contributed by atoms with E-state index in [9.17, 15) is 14.0 Å². The molecule has 1 saturated carbocycles. The molecule has 1 fully saturated rings. The predicted octanol–water partition coefficient (Wildman–Crippen LogP) is 5.49. The number of hydrogen-bond donors (Lipinski definition) is 0. The van der Waals surface area contributed by atoms with Gasteiger partial charge in [0.15, 0.2) is 0 Å². The van der Waals surface area contributed by atoms with E-state index in [0.29, 0.717) is 37.1 Å². The lowest BCUT2D eigenvalue weighted by atomic mass is 9.83. The van der Waals surface area contributed by atoms with Gasteiger partial charge in [0.05, 0.1) is 31.2 Å². The second-order valence-corrected chi connectivity index (χ2v) is 7.93. The number of esters is 1. The molecule has 0 N–H and O–H groups in total. The second kappa shape index (κ2) is 12.2. The summed E-state index contributed by atoms with van der Waals surface area (Å²) in [7, 11) is 0. The Morgan fingerprint density at radius 2 is 1.56 bits per heavy atom. The number of ether oxygens (including phenoxy) is 3. The molecule has 1 amide bonds. The van der Waals surface area contributed by atoms with Crippen molar-refractivity contribution in [2.75, 3.05) is 31.3 Å². The molecule has 0 unspecified atom stereocenters. The topological polar surface area (TPSA) is 65.1 Å². The zero-order valence-corrected chi connectivity index (χ0v) is 18.4. The van der Waals surface area contributed by atoms with Crippen LogP contribution >= 0.6 is 0 Å². The number of amides is 1. The average molecular weight is 444 g/mol. The molecule has 0 aliphatic heterocycles. The highest BCUT2D eigenvalue weighted by Gasteiger charge is 2.25. The molecule has 0 atom stereocenters. The predicted molar refractivity (Wildman–Crippen MR) is 119 cm³/mol. The van der Waals surface area contributed by atoms with Gasteiger partial charge in [0, 0.05) is 0 Å². The second-order valence-electron chi connectivity index (χ2n) is 7.93. The number of anilines is 2. The Morgan fingerprint density at radius 3 is 2.22 bits per heavy atom. The first-order chi connectivity index (χ1) is 15.6. The molecule has 0 heterocycles. The molecule has 0 spiro atoms. The summed E-state index contributed by atoms with van der Waals surface area (Å²) in [6.07, 6.45) is 3.23. The minimum absolute atomic E-state index is 0.0131. The molecule has 2 aromatic rings. The molecule has 32 heavy (non-hydrogen) atoms. The fraction of sp³-hybridized carbons (Fsp3) is 0.440. The summed E-state index contributed by atoms with van der Waals surface area (Å²) >= 11 is 0. The van der Waals surface area contributed by atoms with Gasteiger partial charge in [-0.3, -0.25) is 0 Å². The van der Waals surface area contributed by atoms with E-state index in [-0.39, 0.29) is 18.5 Å². The van der Waals surface area contributed by atoms with E-state index in [1.807, 2.05) is 18.2 Å². The lowest BCUT2D eigenvalue weighted by Crippen LogP contribution is -2.30. The van der Waals surface area contributed by atoms with E-state index in [1.54, 1.807) is 31.2 Å². The molecule has 0 aromatic heterocycles. The molecule has 7 heteroatoms. The van der Waals surface area contributed by atoms with Crippen molar-refractivity contribution in [1.82, 2.24) is 0 Å². The molecule has 2 aromatic carbocycles. The van der Waals surface area contributed by atoms with Crippen molar-refractivity contribution in [1.29, 1.82) is 0 Å². The fourth-order valence-corrected chi connectivity index (χ4v) is 3.88. The zero-order chi connectivity index (χ0) is 22.8. The summed E-state index contributed by atoms with van der Waals surface area (Å²) in [5, 5.41) is 0. The lowest BCUT2D eigenvalue weighted by molar-refractivity contribution is -0.149. The maximum atomic E-state index is 13.8. The third-order valence-electron chi connectivity index (χ3n) is 5.55. The van der Waals surface area contributed by atoms with Crippen molar-refractivity contribution in [2.24, 2.45) is 11.8 Å². The molecule has 0 saturated heterocycles. The minimum Gasteiger partial charge on any atom is -0.464 e. The Bertz CT molecular complexity index is 868. The Balaban J connectivity index is 1.49. The van der Waals surface area contributed by atoms with Gasteiger partial charge in [0.2, 0.25) is 0 Å². The molecule has 3 rings (SSSR count). The van der Waals surface area contributed by atoms with Crippen LogP contribution in [0.4, 0.5) is 20.6 Å². The van der Waals surface area contributed by atoms with Crippen LogP contribution in [0.5, 0.6) is 0 Å². The maximum absolute atomic E-state index is 13.8. The SMILES string of the molecule is CCOC(=O)COC[C@H]1CC[C@H](COC(=O)N(c2ccccc2)c2cccc(F)c2)CC1. The Morgan fingerprint density at radius 1 is 0.906 bits per heavy atom. The first-order valence-corrected chi connectivity index (χ1v) is 11.1. The Labute approximate surface area is 188 Å². The van der Waals surface area contributed by atoms with Gasteiger partial charge in [-0.2, -0.15) is 0 Å². The Hall–Kier alpha value is -2.93. The van der Waals surface area contributed by atoms with Gasteiger partial charge in [-0.25, -0.2) is 18.9 Å². The largest absolute Gasteiger partial charge is 0.464 e. The normalized spacial score (nSPS) is 18.1. The number of para-hydroxylation sites is 1. The first kappa shape index (κ1) is 23.7. The quantitative estimate of drug-likeness (QED) is 0.480. The maximum Gasteiger partial charge on any atom is 0.418 e. The average Bonchev–Trinajstić information content (AvgIpc) is 2.80. The number of carbonyl (C=O) groups excluding carboxylic acids is 2. The zero-order valence-electron chi connectivity index (χ0n) is 18.4. The van der Waals surface area contributed by atoms with Crippen molar-refractivity contribution in [3.8, 4) is 0 Å². The van der Waals surface area contributed by atoms with Gasteiger partial charge in [-0.15, -0.1) is 0 Å². The highest BCUT2D eigenvalue weighted by molar-refractivity contribution is 5.95. The minimum atomic E-state index is -0.526. The molecule has 172 valence electrons. The van der Waals surface area contributed by atoms with Crippen LogP contribution in [-0.4, -0.2) is 38.5 Å². The van der Waals surface area contributed by atoms with Crippen molar-refractivity contribution >= 4 is 23.4 Å². The molecular formula is C25H30FNO5. The number of benzene rings is 2. The number of halogens is 1. The van der Waals surface area contributed by atoms with Crippen molar-refractivity contribution < 1.29 is 28.2 Å². The first-order valence-electron chi connectivity index (χ1n) is 11.1. The van der Waals surface area contributed by atoms with Crippen LogP contribution in [0.25, 0.3) is 0 Å². The van der Waals surface area contributed by atoms with Gasteiger partial charge in [-0.05, 0) is 74.8 Å². The van der Waals surface area contributed by atoms with E-state index in [2.05, 4.69) is 0 Å². The molecule has 0 bridgehead atoms. The van der Waals surface area contributed by atoms with Crippen LogP contribution in [0.1, 0.15) is 32.6 Å². The lowest BCUT2D eigenvalue weighted by Gasteiger charge is -2.29. The molecule has 6 nitrogen and oxygen atoms in total. The van der Waals surface area contributed by atoms with E-state index in [4.69, 9.17) is 14.2 Å². The highest BCUT2D eigenvalue weighted by atomic mass is 19.1. The summed E-state index contributed by atoms with van der Waals surface area (Å²) < 4.78 is 29.7. The van der Waals surface area contributed by atoms with Crippen LogP contribution in [0.2, 0.25) is 0 Å². The summed E-state index contributed by atoms with van der Waals surface area (Å²) in [5.74, 6) is -0.0935. The summed E-state index contributed by atoms with van der Waals surface area (Å²) in [6, 6.07) is 15.0. The van der Waals surface area contributed by atoms with E-state index < -0.39 is 11.9 Å². The summed E-state index contributed by atoms with van der Waals surface area (Å²) in [5.41, 5.74) is 1.04. The van der Waals surface area contributed by atoms with E-state index in [0.717, 1.165) is 25.7 Å². The third kappa shape index (κ3) is 7.05. The monoisotopic (exact) mass is 443 g/mol. The summed E-state index contributed by atoms with van der Waals surface area (Å²) in [4.78, 5) is 25.7. The standard InChI is InChI=1S/C25H30FNO5/c1-2-31-24(28)18-30-16-19-11-13-20(14-12-19)17-32-25(29)27(22-8-4-3-5-9-22)23-10-6-7-21(26)15-23/h3-10,15,19-20H,2,11-14,16-18H2,1H3/t19-,20-. The number of carbonyl (C=O) groups is 2. The molecule has 1 aliphatic carbocycles. The van der Waals surface area contributed by atoms with Crippen molar-refractivity contribution in [3.63, 3.8) is 0 Å². The van der Waals surface area contributed by atoms with Gasteiger partial charge in [-0.1, -0.05) is 24.3 Å². The fourth-order valence-electron chi connectivity index (χ4n) is 3.88. The number of rotatable bonds is 9. The number of hydrogen-bond acceptors (Lipinski definition) is 5. The van der Waals surface area contributed by atoms with Crippen LogP contribution in [0.15, 0.2) is 54.6 Å². The molecule has 0 radical (unpaired) electrons. The van der Waals surface area contributed by atoms with E-state index >= 15 is 0 Å². The van der Waals surface area contributed by atoms with E-state index in [1.165, 1.54) is 17.0 Å². The van der Waals surface area contributed by atoms with Gasteiger partial charge in [0.1, 0.15) is 12.4 Å². The van der Waals surface area contributed by atoms with Crippen molar-refractivity contribution in [3.05, 3.63) is 60.4 Å². The van der Waals surface area contributed by atoms with Crippen LogP contribution in [-0.2, 0) is 19.0 Å². The molecule has 1 aliphatic rings. The van der Waals surface area contributed by atoms with Crippen LogP contribution in [0, 0.1) is 17.7 Å². The van der Waals surface area contributed by atoms with Crippen molar-refractivity contribution in [2.45, 2.75) is 32.6 Å². The van der Waals surface area contributed by atoms with Gasteiger partial charge >= 0.3 is 12.1 Å². The highest BCUT2D eigenvalue weighted by Crippen LogP contribution is 2.31. The number of nitrogens with zero attached hydrogens (tertiary/aromatic N) is 1. The van der Waals surface area contributed by atoms with Crippen LogP contribution in [0.3, 0.4) is 0 Å². The molecular weight excluding hydrogens is 413 g/mol. The third-order valence-corrected chi connectivity index (χ3v) is 5.55. The van der Waals surface area contributed by atoms with Crippen LogP contribution < -0.4 is 4.90 Å².